The van der Waals surface area contributed by atoms with Gasteiger partial charge in [-0.1, -0.05) is 17.3 Å². The number of aryl methyl sites for hydroxylation is 1. The second-order valence-electron chi connectivity index (χ2n) is 5.37. The van der Waals surface area contributed by atoms with Crippen LogP contribution in [-0.4, -0.2) is 34.0 Å². The maximum atomic E-state index is 12.6. The van der Waals surface area contributed by atoms with Crippen LogP contribution < -0.4 is 4.74 Å². The van der Waals surface area contributed by atoms with Gasteiger partial charge in [-0.25, -0.2) is 0 Å². The summed E-state index contributed by atoms with van der Waals surface area (Å²) in [4.78, 5) is 18.6. The van der Waals surface area contributed by atoms with Gasteiger partial charge in [0.25, 0.3) is 5.91 Å². The van der Waals surface area contributed by atoms with Crippen LogP contribution in [-0.2, 0) is 6.61 Å². The van der Waals surface area contributed by atoms with Crippen molar-refractivity contribution in [3.05, 3.63) is 41.5 Å². The van der Waals surface area contributed by atoms with Gasteiger partial charge in [0, 0.05) is 20.0 Å². The summed E-state index contributed by atoms with van der Waals surface area (Å²) in [5, 5.41) is 3.79. The van der Waals surface area contributed by atoms with Gasteiger partial charge in [0.1, 0.15) is 5.75 Å². The molecule has 0 unspecified atom stereocenters. The summed E-state index contributed by atoms with van der Waals surface area (Å²) in [5.74, 6) is 1.55. The van der Waals surface area contributed by atoms with Gasteiger partial charge in [-0.15, -0.1) is 0 Å². The van der Waals surface area contributed by atoms with Crippen molar-refractivity contribution in [2.75, 3.05) is 13.1 Å². The molecule has 1 amide bonds. The average molecular weight is 301 g/mol. The van der Waals surface area contributed by atoms with Crippen molar-refractivity contribution in [1.29, 1.82) is 0 Å². The lowest BCUT2D eigenvalue weighted by Gasteiger charge is -2.27. The van der Waals surface area contributed by atoms with Crippen molar-refractivity contribution in [3.8, 4) is 5.75 Å². The highest BCUT2D eigenvalue weighted by molar-refractivity contribution is 5.97. The Labute approximate surface area is 129 Å². The van der Waals surface area contributed by atoms with E-state index in [4.69, 9.17) is 9.26 Å². The van der Waals surface area contributed by atoms with Gasteiger partial charge in [0.05, 0.1) is 5.56 Å². The molecule has 1 aliphatic rings. The van der Waals surface area contributed by atoms with Crippen molar-refractivity contribution < 1.29 is 14.1 Å². The Bertz CT molecular complexity index is 648. The molecule has 2 aromatic rings. The first kappa shape index (κ1) is 14.6. The Morgan fingerprint density at radius 2 is 2.05 bits per heavy atom. The van der Waals surface area contributed by atoms with Gasteiger partial charge in [-0.2, -0.15) is 4.98 Å². The highest BCUT2D eigenvalue weighted by atomic mass is 16.5. The number of carbonyl (C=O) groups excluding carboxylic acids is 1. The third-order valence-corrected chi connectivity index (χ3v) is 3.69. The Kier molecular flexibility index (Phi) is 4.37. The van der Waals surface area contributed by atoms with Crippen LogP contribution in [0.4, 0.5) is 0 Å². The Morgan fingerprint density at radius 1 is 1.27 bits per heavy atom. The zero-order valence-electron chi connectivity index (χ0n) is 12.6. The van der Waals surface area contributed by atoms with Crippen molar-refractivity contribution in [2.45, 2.75) is 32.8 Å². The van der Waals surface area contributed by atoms with Crippen LogP contribution in [0.25, 0.3) is 0 Å². The molecule has 0 atom stereocenters. The second-order valence-corrected chi connectivity index (χ2v) is 5.37. The molecule has 0 radical (unpaired) electrons. The fourth-order valence-electron chi connectivity index (χ4n) is 2.58. The molecule has 0 spiro atoms. The monoisotopic (exact) mass is 301 g/mol. The summed E-state index contributed by atoms with van der Waals surface area (Å²) in [6.45, 7) is 3.54. The van der Waals surface area contributed by atoms with Crippen LogP contribution >= 0.6 is 0 Å². The van der Waals surface area contributed by atoms with E-state index in [1.807, 2.05) is 17.0 Å². The summed E-state index contributed by atoms with van der Waals surface area (Å²) < 4.78 is 10.6. The predicted octanol–water partition coefficient (Wildman–Crippen LogP) is 2.58. The molecule has 2 heterocycles. The standard InChI is InChI=1S/C16H19N3O3/c1-12-17-15(18-22-12)11-21-14-8-4-3-7-13(14)16(20)19-9-5-2-6-10-19/h3-4,7-8H,2,5-6,9-11H2,1H3. The number of amides is 1. The van der Waals surface area contributed by atoms with E-state index in [-0.39, 0.29) is 12.5 Å². The molecule has 0 N–H and O–H groups in total. The van der Waals surface area contributed by atoms with Crippen molar-refractivity contribution >= 4 is 5.91 Å². The lowest BCUT2D eigenvalue weighted by atomic mass is 10.1. The lowest BCUT2D eigenvalue weighted by molar-refractivity contribution is 0.0719. The number of carbonyl (C=O) groups is 1. The molecule has 0 saturated carbocycles. The molecule has 6 nitrogen and oxygen atoms in total. The van der Waals surface area contributed by atoms with Crippen molar-refractivity contribution in [1.82, 2.24) is 15.0 Å². The summed E-state index contributed by atoms with van der Waals surface area (Å²) in [6.07, 6.45) is 3.33. The average Bonchev–Trinajstić information content (AvgIpc) is 2.99. The van der Waals surface area contributed by atoms with Crippen molar-refractivity contribution in [2.24, 2.45) is 0 Å². The topological polar surface area (TPSA) is 68.5 Å². The van der Waals surface area contributed by atoms with E-state index in [1.165, 1.54) is 6.42 Å². The molecule has 1 aliphatic heterocycles. The molecule has 116 valence electrons. The highest BCUT2D eigenvalue weighted by Gasteiger charge is 2.21. The minimum Gasteiger partial charge on any atom is -0.485 e. The first-order chi connectivity index (χ1) is 10.7. The summed E-state index contributed by atoms with van der Waals surface area (Å²) in [7, 11) is 0. The minimum absolute atomic E-state index is 0.0274. The van der Waals surface area contributed by atoms with E-state index in [2.05, 4.69) is 10.1 Å². The lowest BCUT2D eigenvalue weighted by Crippen LogP contribution is -2.35. The Balaban J connectivity index is 1.72. The van der Waals surface area contributed by atoms with Crippen molar-refractivity contribution in [3.63, 3.8) is 0 Å². The minimum atomic E-state index is 0.0274. The Hall–Kier alpha value is -2.37. The number of benzene rings is 1. The second kappa shape index (κ2) is 6.60. The number of likely N-dealkylation sites (tertiary alicyclic amines) is 1. The number of nitrogens with zero attached hydrogens (tertiary/aromatic N) is 3. The van der Waals surface area contributed by atoms with Gasteiger partial charge in [-0.3, -0.25) is 4.79 Å². The molecule has 1 aromatic heterocycles. The van der Waals surface area contributed by atoms with Gasteiger partial charge in [0.2, 0.25) is 11.7 Å². The smallest absolute Gasteiger partial charge is 0.257 e. The Morgan fingerprint density at radius 3 is 2.77 bits per heavy atom. The molecule has 1 aromatic carbocycles. The number of para-hydroxylation sites is 1. The number of piperidine rings is 1. The number of ether oxygens (including phenoxy) is 1. The van der Waals surface area contributed by atoms with Crippen LogP contribution in [0.5, 0.6) is 5.75 Å². The first-order valence-corrected chi connectivity index (χ1v) is 7.54. The van der Waals surface area contributed by atoms with Gasteiger partial charge < -0.3 is 14.2 Å². The normalized spacial score (nSPS) is 14.9. The van der Waals surface area contributed by atoms with Crippen LogP contribution in [0.2, 0.25) is 0 Å². The summed E-state index contributed by atoms with van der Waals surface area (Å²) in [6, 6.07) is 7.30. The van der Waals surface area contributed by atoms with E-state index in [0.717, 1.165) is 25.9 Å². The van der Waals surface area contributed by atoms with E-state index >= 15 is 0 Å². The van der Waals surface area contributed by atoms with Crippen LogP contribution in [0, 0.1) is 6.92 Å². The fraction of sp³-hybridized carbons (Fsp3) is 0.438. The zero-order chi connectivity index (χ0) is 15.4. The van der Waals surface area contributed by atoms with E-state index in [0.29, 0.717) is 23.0 Å². The van der Waals surface area contributed by atoms with Crippen LogP contribution in [0.15, 0.2) is 28.8 Å². The molecular weight excluding hydrogens is 282 g/mol. The molecule has 0 bridgehead atoms. The van der Waals surface area contributed by atoms with E-state index in [9.17, 15) is 4.79 Å². The van der Waals surface area contributed by atoms with Gasteiger partial charge >= 0.3 is 0 Å². The summed E-state index contributed by atoms with van der Waals surface area (Å²) in [5.41, 5.74) is 0.588. The molecule has 1 saturated heterocycles. The largest absolute Gasteiger partial charge is 0.485 e. The maximum absolute atomic E-state index is 12.6. The van der Waals surface area contributed by atoms with E-state index < -0.39 is 0 Å². The van der Waals surface area contributed by atoms with Crippen LogP contribution in [0.3, 0.4) is 0 Å². The maximum Gasteiger partial charge on any atom is 0.257 e. The van der Waals surface area contributed by atoms with E-state index in [1.54, 1.807) is 19.1 Å². The fourth-order valence-corrected chi connectivity index (χ4v) is 2.58. The number of hydrogen-bond acceptors (Lipinski definition) is 5. The third kappa shape index (κ3) is 3.27. The third-order valence-electron chi connectivity index (χ3n) is 3.69. The number of rotatable bonds is 4. The van der Waals surface area contributed by atoms with Crippen LogP contribution in [0.1, 0.15) is 41.3 Å². The highest BCUT2D eigenvalue weighted by Crippen LogP contribution is 2.22. The molecule has 0 aliphatic carbocycles. The predicted molar refractivity (Wildman–Crippen MR) is 79.6 cm³/mol. The molecule has 3 rings (SSSR count). The number of hydrogen-bond donors (Lipinski definition) is 0. The molecule has 6 heteroatoms. The zero-order valence-corrected chi connectivity index (χ0v) is 12.6. The SMILES string of the molecule is Cc1nc(COc2ccccc2C(=O)N2CCCCC2)no1. The van der Waals surface area contributed by atoms with Gasteiger partial charge in [-0.05, 0) is 31.4 Å². The molecule has 22 heavy (non-hydrogen) atoms. The number of aromatic nitrogens is 2. The first-order valence-electron chi connectivity index (χ1n) is 7.54. The molecule has 1 fully saturated rings. The summed E-state index contributed by atoms with van der Waals surface area (Å²) >= 11 is 0. The quantitative estimate of drug-likeness (QED) is 0.868. The van der Waals surface area contributed by atoms with Gasteiger partial charge in [0.15, 0.2) is 6.61 Å². The molecular formula is C16H19N3O3.